The molecule has 1 unspecified atom stereocenters. The first-order valence-electron chi connectivity index (χ1n) is 9.97. The van der Waals surface area contributed by atoms with Gasteiger partial charge >= 0.3 is 0 Å². The van der Waals surface area contributed by atoms with Gasteiger partial charge in [-0.05, 0) is 41.8 Å². The molecule has 4 N–H and O–H groups in total. The Kier molecular flexibility index (Phi) is 5.89. The van der Waals surface area contributed by atoms with Gasteiger partial charge in [0.2, 0.25) is 0 Å². The van der Waals surface area contributed by atoms with Crippen LogP contribution in [0.5, 0.6) is 0 Å². The Labute approximate surface area is 185 Å². The Morgan fingerprint density at radius 3 is 2.06 bits per heavy atom. The lowest BCUT2D eigenvalue weighted by atomic mass is 9.96. The summed E-state index contributed by atoms with van der Waals surface area (Å²) in [4.78, 5) is 23.2. The molecule has 0 saturated heterocycles. The molecule has 0 amide bonds. The summed E-state index contributed by atoms with van der Waals surface area (Å²) in [5.74, 6) is 0. The highest BCUT2D eigenvalue weighted by Gasteiger charge is 2.22. The van der Waals surface area contributed by atoms with Gasteiger partial charge in [0, 0.05) is 16.8 Å². The van der Waals surface area contributed by atoms with Crippen molar-refractivity contribution in [2.24, 2.45) is 0 Å². The number of nitrogens with one attached hydrogen (secondary N) is 2. The van der Waals surface area contributed by atoms with E-state index in [1.807, 2.05) is 54.6 Å². The Bertz CT molecular complexity index is 1270. The predicted molar refractivity (Wildman–Crippen MR) is 127 cm³/mol. The highest BCUT2D eigenvalue weighted by Crippen LogP contribution is 2.33. The minimum Gasteiger partial charge on any atom is -0.394 e. The summed E-state index contributed by atoms with van der Waals surface area (Å²) < 4.78 is 0. The molecule has 0 heterocycles. The molecule has 0 saturated carbocycles. The molecule has 31 heavy (non-hydrogen) atoms. The molecule has 6 heteroatoms. The normalized spacial score (nSPS) is 13.1. The van der Waals surface area contributed by atoms with Crippen molar-refractivity contribution in [2.75, 3.05) is 11.1 Å². The van der Waals surface area contributed by atoms with Crippen molar-refractivity contribution in [1.82, 2.24) is 5.32 Å². The Morgan fingerprint density at radius 2 is 1.45 bits per heavy atom. The van der Waals surface area contributed by atoms with Crippen LogP contribution in [-0.2, 0) is 0 Å². The van der Waals surface area contributed by atoms with E-state index >= 15 is 0 Å². The standard InChI is InChI=1S/C25H22ClN3O2/c1-15(16-8-4-2-5-9-16)28-22(17-10-6-3-7-11-17)19-14-18(12-13-20(19)26)29-23-21(27)24(30)25(23)31/h2-15,22,28-29H,27H2,1H3/t15-,22?/m0/s1. The average Bonchev–Trinajstić information content (AvgIpc) is 2.82. The summed E-state index contributed by atoms with van der Waals surface area (Å²) in [5, 5.41) is 7.22. The Hall–Kier alpha value is -3.41. The molecule has 0 spiro atoms. The molecule has 0 bridgehead atoms. The second kappa shape index (κ2) is 8.76. The van der Waals surface area contributed by atoms with Crippen LogP contribution in [0, 0.1) is 0 Å². The first kappa shape index (κ1) is 20.8. The number of hydrogen-bond acceptors (Lipinski definition) is 5. The van der Waals surface area contributed by atoms with Gasteiger partial charge in [0.15, 0.2) is 0 Å². The molecule has 4 aromatic carbocycles. The summed E-state index contributed by atoms with van der Waals surface area (Å²) in [6.07, 6.45) is 0. The maximum absolute atomic E-state index is 11.8. The van der Waals surface area contributed by atoms with Crippen LogP contribution in [0.3, 0.4) is 0 Å². The predicted octanol–water partition coefficient (Wildman–Crippen LogP) is 4.70. The fourth-order valence-electron chi connectivity index (χ4n) is 3.62. The number of rotatable bonds is 7. The number of hydrogen-bond donors (Lipinski definition) is 3. The van der Waals surface area contributed by atoms with Gasteiger partial charge in [-0.25, -0.2) is 0 Å². The Morgan fingerprint density at radius 1 is 0.839 bits per heavy atom. The summed E-state index contributed by atoms with van der Waals surface area (Å²) >= 11 is 6.61. The molecule has 5 nitrogen and oxygen atoms in total. The van der Waals surface area contributed by atoms with E-state index in [0.29, 0.717) is 10.7 Å². The third-order valence-electron chi connectivity index (χ3n) is 5.37. The lowest BCUT2D eigenvalue weighted by Crippen LogP contribution is -2.36. The molecule has 0 aliphatic rings. The lowest BCUT2D eigenvalue weighted by molar-refractivity contribution is 0.516. The summed E-state index contributed by atoms with van der Waals surface area (Å²) in [5.41, 5.74) is 8.17. The van der Waals surface area contributed by atoms with Crippen LogP contribution in [0.25, 0.3) is 0 Å². The van der Waals surface area contributed by atoms with Gasteiger partial charge in [-0.2, -0.15) is 0 Å². The van der Waals surface area contributed by atoms with Crippen LogP contribution in [0.4, 0.5) is 17.1 Å². The van der Waals surface area contributed by atoms with Crippen LogP contribution < -0.4 is 27.2 Å². The van der Waals surface area contributed by atoms with E-state index < -0.39 is 10.9 Å². The SMILES string of the molecule is C[C@H](NC(c1ccccc1)c1cc(Nc2c(N)c(=O)c2=O)ccc1Cl)c1ccccc1. The zero-order chi connectivity index (χ0) is 22.0. The number of nitrogens with two attached hydrogens (primary N) is 1. The lowest BCUT2D eigenvalue weighted by Gasteiger charge is -2.26. The first-order valence-corrected chi connectivity index (χ1v) is 10.3. The monoisotopic (exact) mass is 431 g/mol. The van der Waals surface area contributed by atoms with Gasteiger partial charge in [-0.3, -0.25) is 14.9 Å². The third kappa shape index (κ3) is 4.24. The van der Waals surface area contributed by atoms with Crippen molar-refractivity contribution in [3.63, 3.8) is 0 Å². The van der Waals surface area contributed by atoms with E-state index in [1.165, 1.54) is 0 Å². The zero-order valence-electron chi connectivity index (χ0n) is 16.9. The van der Waals surface area contributed by atoms with E-state index in [9.17, 15) is 9.59 Å². The molecule has 4 aromatic rings. The van der Waals surface area contributed by atoms with Gasteiger partial charge < -0.3 is 11.1 Å². The molecule has 156 valence electrons. The third-order valence-corrected chi connectivity index (χ3v) is 5.72. The van der Waals surface area contributed by atoms with Crippen LogP contribution in [-0.4, -0.2) is 0 Å². The molecule has 2 atom stereocenters. The minimum absolute atomic E-state index is 0.0445. The molecule has 0 radical (unpaired) electrons. The van der Waals surface area contributed by atoms with E-state index in [1.54, 1.807) is 12.1 Å². The average molecular weight is 432 g/mol. The molecular formula is C25H22ClN3O2. The Balaban J connectivity index is 1.71. The van der Waals surface area contributed by atoms with Gasteiger partial charge in [0.1, 0.15) is 11.4 Å². The largest absolute Gasteiger partial charge is 0.394 e. The van der Waals surface area contributed by atoms with E-state index in [0.717, 1.165) is 16.7 Å². The van der Waals surface area contributed by atoms with Gasteiger partial charge in [0.25, 0.3) is 10.9 Å². The van der Waals surface area contributed by atoms with Crippen molar-refractivity contribution in [1.29, 1.82) is 0 Å². The van der Waals surface area contributed by atoms with Crippen LogP contribution in [0.1, 0.15) is 35.7 Å². The summed E-state index contributed by atoms with van der Waals surface area (Å²) in [6.45, 7) is 2.10. The summed E-state index contributed by atoms with van der Waals surface area (Å²) in [6, 6.07) is 25.4. The van der Waals surface area contributed by atoms with Gasteiger partial charge in [0.05, 0.1) is 6.04 Å². The molecule has 4 rings (SSSR count). The highest BCUT2D eigenvalue weighted by atomic mass is 35.5. The van der Waals surface area contributed by atoms with Gasteiger partial charge in [-0.15, -0.1) is 0 Å². The number of halogens is 1. The summed E-state index contributed by atoms with van der Waals surface area (Å²) in [7, 11) is 0. The quantitative estimate of drug-likeness (QED) is 0.369. The van der Waals surface area contributed by atoms with Crippen LogP contribution in [0.2, 0.25) is 5.02 Å². The molecule has 0 aliphatic carbocycles. The van der Waals surface area contributed by atoms with Gasteiger partial charge in [-0.1, -0.05) is 72.3 Å². The molecule has 0 aromatic heterocycles. The fraction of sp³-hybridized carbons (Fsp3) is 0.120. The smallest absolute Gasteiger partial charge is 0.253 e. The van der Waals surface area contributed by atoms with Crippen molar-refractivity contribution >= 4 is 28.7 Å². The van der Waals surface area contributed by atoms with Crippen molar-refractivity contribution in [2.45, 2.75) is 19.0 Å². The maximum atomic E-state index is 11.8. The van der Waals surface area contributed by atoms with Crippen molar-refractivity contribution in [3.05, 3.63) is 121 Å². The first-order chi connectivity index (χ1) is 15.0. The zero-order valence-corrected chi connectivity index (χ0v) is 17.7. The second-order valence-corrected chi connectivity index (χ2v) is 7.86. The minimum atomic E-state index is -0.655. The molecule has 0 aliphatic heterocycles. The van der Waals surface area contributed by atoms with E-state index in [4.69, 9.17) is 17.3 Å². The van der Waals surface area contributed by atoms with Crippen LogP contribution in [0.15, 0.2) is 88.5 Å². The number of nitrogen functional groups attached to an aromatic ring is 1. The fourth-order valence-corrected chi connectivity index (χ4v) is 3.85. The number of benzene rings is 3. The molecule has 0 fully saturated rings. The second-order valence-electron chi connectivity index (χ2n) is 7.45. The van der Waals surface area contributed by atoms with E-state index in [2.05, 4.69) is 29.7 Å². The highest BCUT2D eigenvalue weighted by molar-refractivity contribution is 6.31. The molecular weight excluding hydrogens is 410 g/mol. The van der Waals surface area contributed by atoms with Crippen molar-refractivity contribution < 1.29 is 0 Å². The van der Waals surface area contributed by atoms with Crippen molar-refractivity contribution in [3.8, 4) is 0 Å². The van der Waals surface area contributed by atoms with Crippen LogP contribution >= 0.6 is 11.6 Å². The van der Waals surface area contributed by atoms with E-state index in [-0.39, 0.29) is 23.5 Å². The number of anilines is 3. The topological polar surface area (TPSA) is 84.2 Å². The maximum Gasteiger partial charge on any atom is 0.253 e.